The Kier molecular flexibility index (Phi) is 5.00. The highest BCUT2D eigenvalue weighted by atomic mass is 32.1. The Labute approximate surface area is 157 Å². The van der Waals surface area contributed by atoms with Gasteiger partial charge in [-0.2, -0.15) is 0 Å². The molecule has 8 heteroatoms. The Bertz CT molecular complexity index is 1060. The van der Waals surface area contributed by atoms with Crippen molar-refractivity contribution in [1.82, 2.24) is 4.98 Å². The first kappa shape index (κ1) is 18.7. The Hall–Kier alpha value is -3.13. The van der Waals surface area contributed by atoms with Gasteiger partial charge in [-0.15, -0.1) is 11.3 Å². The molecule has 0 aliphatic heterocycles. The second-order valence-electron chi connectivity index (χ2n) is 5.86. The number of carbonyl (C=O) groups is 2. The topological polar surface area (TPSA) is 79.3 Å². The lowest BCUT2D eigenvalue weighted by Gasteiger charge is -2.09. The van der Waals surface area contributed by atoms with Crippen molar-refractivity contribution in [3.8, 4) is 11.1 Å². The fraction of sp³-hybridized carbons (Fsp3) is 0.105. The van der Waals surface area contributed by atoms with Crippen LogP contribution in [-0.4, -0.2) is 22.0 Å². The Morgan fingerprint density at radius 3 is 2.48 bits per heavy atom. The summed E-state index contributed by atoms with van der Waals surface area (Å²) in [5, 5.41) is 13.5. The average Bonchev–Trinajstić information content (AvgIpc) is 3.03. The number of aromatic carboxylic acids is 1. The highest BCUT2D eigenvalue weighted by molar-refractivity contribution is 7.15. The smallest absolute Gasteiger partial charge is 0.339 e. The summed E-state index contributed by atoms with van der Waals surface area (Å²) in [6, 6.07) is 4.20. The molecule has 1 aromatic carbocycles. The van der Waals surface area contributed by atoms with Crippen LogP contribution in [0.3, 0.4) is 0 Å². The van der Waals surface area contributed by atoms with Crippen LogP contribution in [0.2, 0.25) is 0 Å². The van der Waals surface area contributed by atoms with E-state index in [1.54, 1.807) is 6.92 Å². The lowest BCUT2D eigenvalue weighted by Crippen LogP contribution is -2.15. The Balaban J connectivity index is 2.05. The van der Waals surface area contributed by atoms with E-state index in [9.17, 15) is 23.5 Å². The molecule has 0 fully saturated rings. The highest BCUT2D eigenvalue weighted by Crippen LogP contribution is 2.38. The van der Waals surface area contributed by atoms with Gasteiger partial charge in [0.1, 0.15) is 10.6 Å². The molecule has 0 atom stereocenters. The van der Waals surface area contributed by atoms with Crippen LogP contribution in [-0.2, 0) is 0 Å². The van der Waals surface area contributed by atoms with Gasteiger partial charge < -0.3 is 10.4 Å². The summed E-state index contributed by atoms with van der Waals surface area (Å²) >= 11 is 0.929. The van der Waals surface area contributed by atoms with Gasteiger partial charge in [-0.25, -0.2) is 13.6 Å². The maximum absolute atomic E-state index is 14.3. The van der Waals surface area contributed by atoms with E-state index in [0.29, 0.717) is 11.1 Å². The number of nitrogens with one attached hydrogen (secondary N) is 1. The van der Waals surface area contributed by atoms with Crippen LogP contribution in [0.15, 0.2) is 36.0 Å². The van der Waals surface area contributed by atoms with Gasteiger partial charge in [-0.1, -0.05) is 12.1 Å². The van der Waals surface area contributed by atoms with Crippen LogP contribution >= 0.6 is 11.3 Å². The SMILES string of the molecule is Cc1cnccc1C(=O)Nc1scc(-c2ccc(C)c(F)c2F)c1C(=O)O. The van der Waals surface area contributed by atoms with E-state index < -0.39 is 23.5 Å². The summed E-state index contributed by atoms with van der Waals surface area (Å²) in [7, 11) is 0. The van der Waals surface area contributed by atoms with E-state index in [-0.39, 0.29) is 27.3 Å². The summed E-state index contributed by atoms with van der Waals surface area (Å²) in [6.45, 7) is 3.11. The number of nitrogens with zero attached hydrogens (tertiary/aromatic N) is 1. The molecule has 2 heterocycles. The monoisotopic (exact) mass is 388 g/mol. The molecule has 0 bridgehead atoms. The number of benzene rings is 1. The summed E-state index contributed by atoms with van der Waals surface area (Å²) in [5.41, 5.74) is 0.615. The van der Waals surface area contributed by atoms with Crippen molar-refractivity contribution < 1.29 is 23.5 Å². The van der Waals surface area contributed by atoms with Gasteiger partial charge in [0.25, 0.3) is 5.91 Å². The number of hydrogen-bond acceptors (Lipinski definition) is 4. The Morgan fingerprint density at radius 1 is 1.07 bits per heavy atom. The zero-order valence-corrected chi connectivity index (χ0v) is 15.2. The van der Waals surface area contributed by atoms with Crippen LogP contribution in [0.5, 0.6) is 0 Å². The molecular weight excluding hydrogens is 374 g/mol. The zero-order valence-electron chi connectivity index (χ0n) is 14.3. The van der Waals surface area contributed by atoms with E-state index in [1.165, 1.54) is 42.9 Å². The quantitative estimate of drug-likeness (QED) is 0.682. The molecule has 0 saturated carbocycles. The molecule has 5 nitrogen and oxygen atoms in total. The zero-order chi connectivity index (χ0) is 19.7. The molecule has 0 radical (unpaired) electrons. The third-order valence-corrected chi connectivity index (χ3v) is 4.96. The van der Waals surface area contributed by atoms with Crippen molar-refractivity contribution in [1.29, 1.82) is 0 Å². The molecule has 2 aromatic heterocycles. The van der Waals surface area contributed by atoms with Crippen molar-refractivity contribution in [2.75, 3.05) is 5.32 Å². The minimum Gasteiger partial charge on any atom is -0.478 e. The maximum Gasteiger partial charge on any atom is 0.339 e. The van der Waals surface area contributed by atoms with Crippen LogP contribution in [0.25, 0.3) is 11.1 Å². The van der Waals surface area contributed by atoms with Crippen LogP contribution < -0.4 is 5.32 Å². The van der Waals surface area contributed by atoms with E-state index in [0.717, 1.165) is 11.3 Å². The number of anilines is 1. The molecule has 0 aliphatic rings. The van der Waals surface area contributed by atoms with Crippen LogP contribution in [0, 0.1) is 25.5 Å². The molecule has 27 heavy (non-hydrogen) atoms. The fourth-order valence-electron chi connectivity index (χ4n) is 2.61. The fourth-order valence-corrected chi connectivity index (χ4v) is 3.56. The van der Waals surface area contributed by atoms with Crippen LogP contribution in [0.4, 0.5) is 13.8 Å². The molecule has 0 aliphatic carbocycles. The molecule has 0 saturated heterocycles. The number of carboxylic acids is 1. The third kappa shape index (κ3) is 3.43. The molecule has 1 amide bonds. The van der Waals surface area contributed by atoms with E-state index in [2.05, 4.69) is 10.3 Å². The van der Waals surface area contributed by atoms with Crippen LogP contribution in [0.1, 0.15) is 31.8 Å². The number of thiophene rings is 1. The summed E-state index contributed by atoms with van der Waals surface area (Å²) in [4.78, 5) is 28.1. The molecule has 2 N–H and O–H groups in total. The number of aryl methyl sites for hydroxylation is 2. The minimum atomic E-state index is -1.35. The van der Waals surface area contributed by atoms with Crippen molar-refractivity contribution in [2.24, 2.45) is 0 Å². The summed E-state index contributed by atoms with van der Waals surface area (Å²) < 4.78 is 28.2. The van der Waals surface area contributed by atoms with Gasteiger partial charge in [-0.3, -0.25) is 9.78 Å². The second kappa shape index (κ2) is 7.24. The molecule has 138 valence electrons. The maximum atomic E-state index is 14.3. The van der Waals surface area contributed by atoms with Crippen molar-refractivity contribution >= 4 is 28.2 Å². The van der Waals surface area contributed by atoms with E-state index in [4.69, 9.17) is 0 Å². The average molecular weight is 388 g/mol. The summed E-state index contributed by atoms with van der Waals surface area (Å²) in [5.74, 6) is -4.03. The predicted molar refractivity (Wildman–Crippen MR) is 98.3 cm³/mol. The first-order valence-electron chi connectivity index (χ1n) is 7.83. The minimum absolute atomic E-state index is 0.00523. The number of pyridine rings is 1. The number of carbonyl (C=O) groups excluding carboxylic acids is 1. The first-order valence-corrected chi connectivity index (χ1v) is 8.71. The Morgan fingerprint density at radius 2 is 1.81 bits per heavy atom. The second-order valence-corrected chi connectivity index (χ2v) is 6.74. The van der Waals surface area contributed by atoms with E-state index >= 15 is 0 Å². The third-order valence-electron chi connectivity index (χ3n) is 4.06. The molecule has 3 aromatic rings. The molecule has 3 rings (SSSR count). The van der Waals surface area contributed by atoms with Gasteiger partial charge in [-0.05, 0) is 31.0 Å². The van der Waals surface area contributed by atoms with Gasteiger partial charge >= 0.3 is 5.97 Å². The highest BCUT2D eigenvalue weighted by Gasteiger charge is 2.25. The largest absolute Gasteiger partial charge is 0.478 e. The molecule has 0 unspecified atom stereocenters. The van der Waals surface area contributed by atoms with Gasteiger partial charge in [0.15, 0.2) is 11.6 Å². The standard InChI is InChI=1S/C19H14F2N2O3S/c1-9-3-4-12(16(21)15(9)20)13-8-27-18(14(13)19(25)26)23-17(24)11-5-6-22-7-10(11)2/h3-8H,1-2H3,(H,23,24)(H,25,26). The predicted octanol–water partition coefficient (Wildman–Crippen LogP) is 4.66. The number of halogens is 2. The lowest BCUT2D eigenvalue weighted by molar-refractivity contribution is 0.0699. The number of carboxylic acid groups (broad SMARTS) is 1. The van der Waals surface area contributed by atoms with Crippen molar-refractivity contribution in [2.45, 2.75) is 13.8 Å². The van der Waals surface area contributed by atoms with Gasteiger partial charge in [0.2, 0.25) is 0 Å². The van der Waals surface area contributed by atoms with E-state index in [1.807, 2.05) is 0 Å². The number of amides is 1. The van der Waals surface area contributed by atoms with Gasteiger partial charge in [0, 0.05) is 34.5 Å². The number of hydrogen-bond donors (Lipinski definition) is 2. The molecule has 0 spiro atoms. The summed E-state index contributed by atoms with van der Waals surface area (Å²) in [6.07, 6.45) is 2.96. The molecular formula is C19H14F2N2O3S. The first-order chi connectivity index (χ1) is 12.8. The lowest BCUT2D eigenvalue weighted by atomic mass is 10.0. The van der Waals surface area contributed by atoms with Crippen molar-refractivity contribution in [3.05, 3.63) is 69.9 Å². The van der Waals surface area contributed by atoms with Crippen molar-refractivity contribution in [3.63, 3.8) is 0 Å². The number of rotatable bonds is 4. The number of aromatic nitrogens is 1. The normalized spacial score (nSPS) is 10.7. The van der Waals surface area contributed by atoms with Gasteiger partial charge in [0.05, 0.1) is 0 Å².